The van der Waals surface area contributed by atoms with E-state index in [0.29, 0.717) is 6.61 Å². The van der Waals surface area contributed by atoms with Crippen LogP contribution in [0, 0.1) is 5.92 Å². The van der Waals surface area contributed by atoms with E-state index in [4.69, 9.17) is 14.5 Å². The van der Waals surface area contributed by atoms with Crippen LogP contribution in [-0.2, 0) is 17.8 Å². The quantitative estimate of drug-likeness (QED) is 0.236. The van der Waals surface area contributed by atoms with Gasteiger partial charge in [-0.15, -0.1) is 6.58 Å². The van der Waals surface area contributed by atoms with Gasteiger partial charge in [0.1, 0.15) is 5.82 Å². The van der Waals surface area contributed by atoms with E-state index in [-0.39, 0.29) is 17.9 Å². The lowest BCUT2D eigenvalue weighted by molar-refractivity contribution is -0.126. The molecule has 1 heterocycles. The molecule has 192 valence electrons. The molecule has 6 nitrogen and oxygen atoms in total. The van der Waals surface area contributed by atoms with Gasteiger partial charge < -0.3 is 19.4 Å². The predicted molar refractivity (Wildman–Crippen MR) is 144 cm³/mol. The molecule has 0 saturated heterocycles. The predicted octanol–water partition coefficient (Wildman–Crippen LogP) is 6.39. The average Bonchev–Trinajstić information content (AvgIpc) is 3.28. The number of aryl methyl sites for hydroxylation is 1. The first kappa shape index (κ1) is 25.8. The maximum absolute atomic E-state index is 12.9. The number of methoxy groups -OCH3 is 1. The molecule has 1 amide bonds. The molecule has 2 aromatic carbocycles. The number of unbranched alkanes of at least 4 members (excludes halogenated alkanes) is 1. The zero-order valence-electron chi connectivity index (χ0n) is 21.7. The second kappa shape index (κ2) is 12.6. The van der Waals surface area contributed by atoms with Gasteiger partial charge in [-0.3, -0.25) is 4.79 Å². The fourth-order valence-corrected chi connectivity index (χ4v) is 5.10. The number of hydrogen-bond donors (Lipinski definition) is 1. The van der Waals surface area contributed by atoms with Crippen LogP contribution >= 0.6 is 0 Å². The smallest absolute Gasteiger partial charge is 0.223 e. The number of nitrogens with zero attached hydrogens (tertiary/aromatic N) is 2. The lowest BCUT2D eigenvalue weighted by atomic mass is 9.88. The number of aromatic nitrogens is 2. The summed E-state index contributed by atoms with van der Waals surface area (Å²) in [6.07, 6.45) is 10.1. The zero-order valence-corrected chi connectivity index (χ0v) is 21.7. The maximum atomic E-state index is 12.9. The van der Waals surface area contributed by atoms with Crippen LogP contribution in [0.25, 0.3) is 11.0 Å². The normalized spacial score (nSPS) is 14.9. The number of ether oxygens (including phenoxy) is 2. The Morgan fingerprint density at radius 3 is 2.75 bits per heavy atom. The van der Waals surface area contributed by atoms with Crippen LogP contribution < -0.4 is 14.8 Å². The van der Waals surface area contributed by atoms with Crippen LogP contribution in [0.15, 0.2) is 55.1 Å². The zero-order chi connectivity index (χ0) is 25.3. The number of rotatable bonds is 12. The molecule has 1 fully saturated rings. The van der Waals surface area contributed by atoms with Crippen molar-refractivity contribution in [1.29, 1.82) is 0 Å². The molecule has 1 N–H and O–H groups in total. The van der Waals surface area contributed by atoms with Gasteiger partial charge in [0.05, 0.1) is 30.8 Å². The third-order valence-corrected chi connectivity index (χ3v) is 7.05. The number of hydrogen-bond acceptors (Lipinski definition) is 4. The number of benzene rings is 2. The van der Waals surface area contributed by atoms with Gasteiger partial charge in [0, 0.05) is 12.5 Å². The van der Waals surface area contributed by atoms with Gasteiger partial charge in [-0.1, -0.05) is 43.5 Å². The van der Waals surface area contributed by atoms with Gasteiger partial charge in [0.25, 0.3) is 0 Å². The molecule has 1 aliphatic carbocycles. The van der Waals surface area contributed by atoms with Crippen molar-refractivity contribution in [1.82, 2.24) is 14.9 Å². The number of amides is 1. The fraction of sp³-hybridized carbons (Fsp3) is 0.467. The van der Waals surface area contributed by atoms with E-state index in [1.165, 1.54) is 6.42 Å². The topological polar surface area (TPSA) is 65.4 Å². The number of carbonyl (C=O) groups is 1. The van der Waals surface area contributed by atoms with Crippen LogP contribution in [0.5, 0.6) is 11.5 Å². The average molecular weight is 490 g/mol. The molecule has 1 saturated carbocycles. The summed E-state index contributed by atoms with van der Waals surface area (Å²) in [4.78, 5) is 17.8. The summed E-state index contributed by atoms with van der Waals surface area (Å²) in [6, 6.07) is 14.1. The molecule has 1 unspecified atom stereocenters. The lowest BCUT2D eigenvalue weighted by Gasteiger charge is -2.23. The Bertz CT molecular complexity index is 1160. The molecule has 1 aliphatic rings. The SMILES string of the molecule is C=CCc1ccc(OCCCCn2c(C(C)NC(=O)C3CCCCC3)nc3ccccc32)c(OC)c1. The third-order valence-electron chi connectivity index (χ3n) is 7.05. The number of fused-ring (bicyclic) bond motifs is 1. The Balaban J connectivity index is 1.37. The van der Waals surface area contributed by atoms with Crippen molar-refractivity contribution in [2.24, 2.45) is 5.92 Å². The highest BCUT2D eigenvalue weighted by molar-refractivity contribution is 5.80. The van der Waals surface area contributed by atoms with E-state index in [1.54, 1.807) is 7.11 Å². The van der Waals surface area contributed by atoms with Gasteiger partial charge in [-0.05, 0) is 68.9 Å². The second-order valence-electron chi connectivity index (χ2n) is 9.71. The van der Waals surface area contributed by atoms with E-state index in [0.717, 1.165) is 85.4 Å². The highest BCUT2D eigenvalue weighted by Gasteiger charge is 2.24. The molecule has 3 aromatic rings. The number of allylic oxidation sites excluding steroid dienone is 1. The van der Waals surface area contributed by atoms with E-state index < -0.39 is 0 Å². The highest BCUT2D eigenvalue weighted by Crippen LogP contribution is 2.29. The standard InChI is InChI=1S/C30H39N3O3/c1-4-12-23-17-18-27(28(21-23)35-3)36-20-11-10-19-33-26-16-9-8-15-25(26)32-29(33)22(2)31-30(34)24-13-6-5-7-14-24/h4,8-9,15-18,21-22,24H,1,5-7,10-14,19-20H2,2-3H3,(H,31,34). The van der Waals surface area contributed by atoms with E-state index in [2.05, 4.69) is 22.5 Å². The van der Waals surface area contributed by atoms with Crippen LogP contribution in [-0.4, -0.2) is 29.2 Å². The maximum Gasteiger partial charge on any atom is 0.223 e. The van der Waals surface area contributed by atoms with E-state index >= 15 is 0 Å². The van der Waals surface area contributed by atoms with Crippen molar-refractivity contribution in [3.05, 3.63) is 66.5 Å². The van der Waals surface area contributed by atoms with Crippen molar-refractivity contribution in [2.45, 2.75) is 70.9 Å². The minimum atomic E-state index is -0.138. The van der Waals surface area contributed by atoms with Crippen molar-refractivity contribution < 1.29 is 14.3 Å². The summed E-state index contributed by atoms with van der Waals surface area (Å²) in [5, 5.41) is 3.25. The van der Waals surface area contributed by atoms with Crippen molar-refractivity contribution in [3.63, 3.8) is 0 Å². The Labute approximate surface area is 214 Å². The van der Waals surface area contributed by atoms with Crippen molar-refractivity contribution in [3.8, 4) is 11.5 Å². The molecule has 0 radical (unpaired) electrons. The molecular formula is C30H39N3O3. The first-order valence-electron chi connectivity index (χ1n) is 13.3. The molecule has 0 spiro atoms. The fourth-order valence-electron chi connectivity index (χ4n) is 5.10. The molecule has 1 atom stereocenters. The Morgan fingerprint density at radius 1 is 1.17 bits per heavy atom. The first-order chi connectivity index (χ1) is 17.6. The second-order valence-corrected chi connectivity index (χ2v) is 9.71. The molecule has 0 aliphatic heterocycles. The summed E-state index contributed by atoms with van der Waals surface area (Å²) >= 11 is 0. The molecule has 0 bridgehead atoms. The highest BCUT2D eigenvalue weighted by atomic mass is 16.5. The summed E-state index contributed by atoms with van der Waals surface area (Å²) in [7, 11) is 1.67. The minimum Gasteiger partial charge on any atom is -0.493 e. The molecule has 6 heteroatoms. The monoisotopic (exact) mass is 489 g/mol. The largest absolute Gasteiger partial charge is 0.493 e. The van der Waals surface area contributed by atoms with Gasteiger partial charge in [0.2, 0.25) is 5.91 Å². The van der Waals surface area contributed by atoms with Gasteiger partial charge in [-0.2, -0.15) is 0 Å². The molecular weight excluding hydrogens is 450 g/mol. The Morgan fingerprint density at radius 2 is 1.97 bits per heavy atom. The molecule has 36 heavy (non-hydrogen) atoms. The summed E-state index contributed by atoms with van der Waals surface area (Å²) in [6.45, 7) is 7.26. The minimum absolute atomic E-state index is 0.138. The summed E-state index contributed by atoms with van der Waals surface area (Å²) in [5.41, 5.74) is 3.22. The van der Waals surface area contributed by atoms with E-state index in [1.807, 2.05) is 49.4 Å². The number of carbonyl (C=O) groups excluding carboxylic acids is 1. The van der Waals surface area contributed by atoms with Crippen LogP contribution in [0.2, 0.25) is 0 Å². The van der Waals surface area contributed by atoms with Crippen LogP contribution in [0.3, 0.4) is 0 Å². The third kappa shape index (κ3) is 6.28. The van der Waals surface area contributed by atoms with E-state index in [9.17, 15) is 4.79 Å². The molecule has 4 rings (SSSR count). The van der Waals surface area contributed by atoms with Crippen molar-refractivity contribution in [2.75, 3.05) is 13.7 Å². The van der Waals surface area contributed by atoms with Crippen LogP contribution in [0.1, 0.15) is 69.3 Å². The van der Waals surface area contributed by atoms with Gasteiger partial charge >= 0.3 is 0 Å². The molecule has 1 aromatic heterocycles. The number of para-hydroxylation sites is 2. The van der Waals surface area contributed by atoms with Gasteiger partial charge in [-0.25, -0.2) is 4.98 Å². The van der Waals surface area contributed by atoms with Crippen molar-refractivity contribution >= 4 is 16.9 Å². The van der Waals surface area contributed by atoms with Crippen LogP contribution in [0.4, 0.5) is 0 Å². The Kier molecular flexibility index (Phi) is 9.04. The lowest BCUT2D eigenvalue weighted by Crippen LogP contribution is -2.35. The summed E-state index contributed by atoms with van der Waals surface area (Å²) < 4.78 is 13.8. The number of nitrogens with one attached hydrogen (secondary N) is 1. The summed E-state index contributed by atoms with van der Waals surface area (Å²) in [5.74, 6) is 2.74. The van der Waals surface area contributed by atoms with Gasteiger partial charge in [0.15, 0.2) is 11.5 Å². The Hall–Kier alpha value is -3.28. The first-order valence-corrected chi connectivity index (χ1v) is 13.3. The number of imidazole rings is 1.